The average molecular weight is 484 g/mol. The van der Waals surface area contributed by atoms with Crippen LogP contribution in [0.1, 0.15) is 39.5 Å². The van der Waals surface area contributed by atoms with E-state index in [0.29, 0.717) is 37.8 Å². The van der Waals surface area contributed by atoms with Crippen molar-refractivity contribution in [2.75, 3.05) is 6.61 Å². The first-order chi connectivity index (χ1) is 15.0. The van der Waals surface area contributed by atoms with E-state index >= 15 is 0 Å². The molecule has 31 heavy (non-hydrogen) atoms. The minimum absolute atomic E-state index is 0.287. The highest BCUT2D eigenvalue weighted by atomic mass is 79.9. The minimum atomic E-state index is -0.919. The molecule has 3 rings (SSSR count). The average Bonchev–Trinajstić information content (AvgIpc) is 2.75. The Hall–Kier alpha value is -2.83. The number of nitrogens with one attached hydrogen (secondary N) is 1. The molecule has 0 atom stereocenters. The van der Waals surface area contributed by atoms with Crippen LogP contribution in [0.3, 0.4) is 0 Å². The number of ether oxygens (including phenoxy) is 2. The second-order valence-electron chi connectivity index (χ2n) is 7.22. The SMILES string of the molecule is CCOc1cc(CNCc2ccc(C(=O)O)cc2)cc(Br)c1OCc1ccc(C)cc1. The number of carboxylic acid groups (broad SMARTS) is 1. The zero-order valence-electron chi connectivity index (χ0n) is 17.7. The number of aryl methyl sites for hydroxylation is 1. The molecule has 0 saturated heterocycles. The summed E-state index contributed by atoms with van der Waals surface area (Å²) in [6, 6.07) is 19.1. The van der Waals surface area contributed by atoms with Crippen molar-refractivity contribution in [2.45, 2.75) is 33.5 Å². The van der Waals surface area contributed by atoms with Gasteiger partial charge in [0.2, 0.25) is 0 Å². The fourth-order valence-electron chi connectivity index (χ4n) is 3.08. The van der Waals surface area contributed by atoms with Gasteiger partial charge in [0, 0.05) is 13.1 Å². The van der Waals surface area contributed by atoms with E-state index < -0.39 is 5.97 Å². The molecule has 0 bridgehead atoms. The van der Waals surface area contributed by atoms with Gasteiger partial charge in [0.15, 0.2) is 11.5 Å². The molecule has 0 spiro atoms. The Kier molecular flexibility index (Phi) is 8.09. The Morgan fingerprint density at radius 3 is 2.23 bits per heavy atom. The van der Waals surface area contributed by atoms with E-state index in [1.54, 1.807) is 12.1 Å². The summed E-state index contributed by atoms with van der Waals surface area (Å²) in [6.45, 7) is 6.28. The lowest BCUT2D eigenvalue weighted by Gasteiger charge is -2.16. The normalized spacial score (nSPS) is 10.7. The number of benzene rings is 3. The third-order valence-electron chi connectivity index (χ3n) is 4.73. The Labute approximate surface area is 191 Å². The number of carbonyl (C=O) groups is 1. The summed E-state index contributed by atoms with van der Waals surface area (Å²) in [5, 5.41) is 12.4. The Bertz CT molecular complexity index is 1020. The molecule has 3 aromatic rings. The predicted molar refractivity (Wildman–Crippen MR) is 125 cm³/mol. The first-order valence-corrected chi connectivity index (χ1v) is 10.9. The summed E-state index contributed by atoms with van der Waals surface area (Å²) in [6.07, 6.45) is 0. The number of aromatic carboxylic acids is 1. The van der Waals surface area contributed by atoms with Crippen LogP contribution < -0.4 is 14.8 Å². The number of halogens is 1. The molecule has 0 aliphatic heterocycles. The van der Waals surface area contributed by atoms with Crippen LogP contribution >= 0.6 is 15.9 Å². The van der Waals surface area contributed by atoms with Gasteiger partial charge in [-0.3, -0.25) is 0 Å². The highest BCUT2D eigenvalue weighted by Crippen LogP contribution is 2.37. The van der Waals surface area contributed by atoms with Gasteiger partial charge >= 0.3 is 5.97 Å². The number of hydrogen-bond acceptors (Lipinski definition) is 4. The van der Waals surface area contributed by atoms with Crippen molar-refractivity contribution in [3.63, 3.8) is 0 Å². The van der Waals surface area contributed by atoms with Crippen molar-refractivity contribution in [2.24, 2.45) is 0 Å². The monoisotopic (exact) mass is 483 g/mol. The fourth-order valence-corrected chi connectivity index (χ4v) is 3.69. The van der Waals surface area contributed by atoms with Gasteiger partial charge in [-0.2, -0.15) is 0 Å². The maximum atomic E-state index is 11.0. The molecule has 2 N–H and O–H groups in total. The molecule has 0 unspecified atom stereocenters. The van der Waals surface area contributed by atoms with Gasteiger partial charge in [0.25, 0.3) is 0 Å². The molecular formula is C25H26BrNO4. The lowest BCUT2D eigenvalue weighted by atomic mass is 10.1. The van der Waals surface area contributed by atoms with E-state index in [-0.39, 0.29) is 5.56 Å². The maximum absolute atomic E-state index is 11.0. The molecule has 0 saturated carbocycles. The third kappa shape index (κ3) is 6.57. The molecule has 0 radical (unpaired) electrons. The molecule has 0 aliphatic carbocycles. The summed E-state index contributed by atoms with van der Waals surface area (Å²) in [7, 11) is 0. The quantitative estimate of drug-likeness (QED) is 0.385. The summed E-state index contributed by atoms with van der Waals surface area (Å²) in [4.78, 5) is 11.0. The minimum Gasteiger partial charge on any atom is -0.490 e. The lowest BCUT2D eigenvalue weighted by molar-refractivity contribution is 0.0697. The second kappa shape index (κ2) is 11.0. The molecule has 162 valence electrons. The van der Waals surface area contributed by atoms with Crippen molar-refractivity contribution < 1.29 is 19.4 Å². The van der Waals surface area contributed by atoms with Crippen LogP contribution in [-0.4, -0.2) is 17.7 Å². The fraction of sp³-hybridized carbons (Fsp3) is 0.240. The van der Waals surface area contributed by atoms with Crippen LogP contribution in [0, 0.1) is 6.92 Å². The molecule has 0 aromatic heterocycles. The van der Waals surface area contributed by atoms with E-state index in [0.717, 1.165) is 21.2 Å². The first-order valence-electron chi connectivity index (χ1n) is 10.1. The zero-order chi connectivity index (χ0) is 22.2. The predicted octanol–water partition coefficient (Wildman–Crippen LogP) is 5.72. The van der Waals surface area contributed by atoms with Crippen LogP contribution in [-0.2, 0) is 19.7 Å². The van der Waals surface area contributed by atoms with Crippen LogP contribution in [0.25, 0.3) is 0 Å². The Morgan fingerprint density at radius 1 is 0.935 bits per heavy atom. The van der Waals surface area contributed by atoms with E-state index in [9.17, 15) is 4.79 Å². The standard InChI is InChI=1S/C25H26BrNO4/c1-3-30-23-13-20(15-27-14-18-8-10-21(11-9-18)25(28)29)12-22(26)24(23)31-16-19-6-4-17(2)5-7-19/h4-13,27H,3,14-16H2,1-2H3,(H,28,29). The van der Waals surface area contributed by atoms with Gasteiger partial charge in [0.1, 0.15) is 6.61 Å². The van der Waals surface area contributed by atoms with Gasteiger partial charge in [0.05, 0.1) is 16.6 Å². The van der Waals surface area contributed by atoms with Gasteiger partial charge in [-0.15, -0.1) is 0 Å². The Morgan fingerprint density at radius 2 is 1.58 bits per heavy atom. The highest BCUT2D eigenvalue weighted by molar-refractivity contribution is 9.10. The lowest BCUT2D eigenvalue weighted by Crippen LogP contribution is -2.13. The summed E-state index contributed by atoms with van der Waals surface area (Å²) in [5.74, 6) is 0.472. The van der Waals surface area contributed by atoms with Gasteiger partial charge < -0.3 is 19.9 Å². The van der Waals surface area contributed by atoms with Crippen molar-refractivity contribution in [1.29, 1.82) is 0 Å². The number of carboxylic acids is 1. The summed E-state index contributed by atoms with van der Waals surface area (Å²) in [5.41, 5.74) is 4.68. The molecule has 6 heteroatoms. The number of rotatable bonds is 10. The van der Waals surface area contributed by atoms with Crippen LogP contribution in [0.4, 0.5) is 0 Å². The molecule has 5 nitrogen and oxygen atoms in total. The van der Waals surface area contributed by atoms with E-state index in [1.165, 1.54) is 5.56 Å². The smallest absolute Gasteiger partial charge is 0.335 e. The van der Waals surface area contributed by atoms with Crippen molar-refractivity contribution in [3.05, 3.63) is 93.0 Å². The van der Waals surface area contributed by atoms with Gasteiger partial charge in [-0.25, -0.2) is 4.79 Å². The van der Waals surface area contributed by atoms with Gasteiger partial charge in [-0.05, 0) is 70.7 Å². The topological polar surface area (TPSA) is 67.8 Å². The van der Waals surface area contributed by atoms with Gasteiger partial charge in [-0.1, -0.05) is 42.0 Å². The third-order valence-corrected chi connectivity index (χ3v) is 5.32. The zero-order valence-corrected chi connectivity index (χ0v) is 19.2. The first kappa shape index (κ1) is 22.8. The van der Waals surface area contributed by atoms with E-state index in [1.807, 2.05) is 31.2 Å². The number of hydrogen-bond donors (Lipinski definition) is 2. The van der Waals surface area contributed by atoms with E-state index in [4.69, 9.17) is 14.6 Å². The molecule has 0 aliphatic rings. The summed E-state index contributed by atoms with van der Waals surface area (Å²) < 4.78 is 12.7. The van der Waals surface area contributed by atoms with Crippen LogP contribution in [0.5, 0.6) is 11.5 Å². The van der Waals surface area contributed by atoms with E-state index in [2.05, 4.69) is 52.4 Å². The molecular weight excluding hydrogens is 458 g/mol. The van der Waals surface area contributed by atoms with Crippen molar-refractivity contribution in [3.8, 4) is 11.5 Å². The van der Waals surface area contributed by atoms with Crippen LogP contribution in [0.2, 0.25) is 0 Å². The molecule has 0 heterocycles. The van der Waals surface area contributed by atoms with Crippen LogP contribution in [0.15, 0.2) is 65.1 Å². The molecule has 3 aromatic carbocycles. The largest absolute Gasteiger partial charge is 0.490 e. The Balaban J connectivity index is 1.64. The highest BCUT2D eigenvalue weighted by Gasteiger charge is 2.13. The molecule has 0 fully saturated rings. The maximum Gasteiger partial charge on any atom is 0.335 e. The van der Waals surface area contributed by atoms with Crippen molar-refractivity contribution >= 4 is 21.9 Å². The summed E-state index contributed by atoms with van der Waals surface area (Å²) >= 11 is 3.62. The molecule has 0 amide bonds. The van der Waals surface area contributed by atoms with Crippen molar-refractivity contribution in [1.82, 2.24) is 5.32 Å². The second-order valence-corrected chi connectivity index (χ2v) is 8.07.